The predicted octanol–water partition coefficient (Wildman–Crippen LogP) is 4.85. The van der Waals surface area contributed by atoms with Crippen LogP contribution < -0.4 is 15.4 Å². The van der Waals surface area contributed by atoms with Crippen LogP contribution in [0, 0.1) is 0 Å². The number of carbonyl (C=O) groups is 2. The maximum atomic E-state index is 12.4. The van der Waals surface area contributed by atoms with Crippen LogP contribution in [0.1, 0.15) is 28.4 Å². The van der Waals surface area contributed by atoms with E-state index in [0.29, 0.717) is 22.9 Å². The summed E-state index contributed by atoms with van der Waals surface area (Å²) in [6.45, 7) is 2.27. The van der Waals surface area contributed by atoms with E-state index in [9.17, 15) is 9.59 Å². The highest BCUT2D eigenvalue weighted by Crippen LogP contribution is 2.16. The van der Waals surface area contributed by atoms with Crippen LogP contribution in [0.5, 0.6) is 5.75 Å². The molecule has 0 saturated heterocycles. The molecule has 5 nitrogen and oxygen atoms in total. The number of nitrogens with one attached hydrogen (secondary N) is 2. The standard InChI is InChI=1S/C24H23ClN2O3/c1-2-17-6-5-8-20(14-17)27-24(29)18-10-12-21(13-11-18)30-16-23(28)26-15-19-7-3-4-9-22(19)25/h3-14H,2,15-16H2,1H3,(H,26,28)(H,27,29). The molecule has 3 aromatic rings. The molecule has 30 heavy (non-hydrogen) atoms. The largest absolute Gasteiger partial charge is 0.484 e. The fourth-order valence-corrected chi connectivity index (χ4v) is 3.01. The molecule has 0 spiro atoms. The van der Waals surface area contributed by atoms with E-state index in [1.807, 2.05) is 42.5 Å². The van der Waals surface area contributed by atoms with E-state index < -0.39 is 0 Å². The van der Waals surface area contributed by atoms with E-state index in [4.69, 9.17) is 16.3 Å². The van der Waals surface area contributed by atoms with Crippen molar-refractivity contribution in [3.8, 4) is 5.75 Å². The van der Waals surface area contributed by atoms with Gasteiger partial charge in [-0.2, -0.15) is 0 Å². The highest BCUT2D eigenvalue weighted by molar-refractivity contribution is 6.31. The second-order valence-electron chi connectivity index (χ2n) is 6.69. The lowest BCUT2D eigenvalue weighted by atomic mass is 10.1. The van der Waals surface area contributed by atoms with E-state index in [0.717, 1.165) is 23.2 Å². The first kappa shape index (κ1) is 21.4. The Labute approximate surface area is 181 Å². The maximum Gasteiger partial charge on any atom is 0.258 e. The lowest BCUT2D eigenvalue weighted by Gasteiger charge is -2.10. The summed E-state index contributed by atoms with van der Waals surface area (Å²) < 4.78 is 5.49. The van der Waals surface area contributed by atoms with Crippen molar-refractivity contribution in [3.05, 3.63) is 94.5 Å². The van der Waals surface area contributed by atoms with Gasteiger partial charge in [-0.1, -0.05) is 48.9 Å². The van der Waals surface area contributed by atoms with Crippen LogP contribution in [-0.2, 0) is 17.8 Å². The highest BCUT2D eigenvalue weighted by atomic mass is 35.5. The third-order valence-corrected chi connectivity index (χ3v) is 4.88. The summed E-state index contributed by atoms with van der Waals surface area (Å²) in [5, 5.41) is 6.25. The molecule has 0 aliphatic carbocycles. The molecule has 2 amide bonds. The second-order valence-corrected chi connectivity index (χ2v) is 7.10. The minimum absolute atomic E-state index is 0.125. The van der Waals surface area contributed by atoms with Crippen molar-refractivity contribution < 1.29 is 14.3 Å². The van der Waals surface area contributed by atoms with Gasteiger partial charge in [-0.05, 0) is 60.0 Å². The summed E-state index contributed by atoms with van der Waals surface area (Å²) >= 11 is 6.07. The summed E-state index contributed by atoms with van der Waals surface area (Å²) in [5.74, 6) is 0.0484. The molecule has 0 atom stereocenters. The van der Waals surface area contributed by atoms with Gasteiger partial charge in [0.05, 0.1) is 0 Å². The monoisotopic (exact) mass is 422 g/mol. The maximum absolute atomic E-state index is 12.4. The number of benzene rings is 3. The minimum atomic E-state index is -0.257. The Hall–Kier alpha value is -3.31. The zero-order chi connectivity index (χ0) is 21.3. The molecule has 6 heteroatoms. The van der Waals surface area contributed by atoms with Crippen molar-refractivity contribution in [2.45, 2.75) is 19.9 Å². The number of hydrogen-bond donors (Lipinski definition) is 2. The molecule has 2 N–H and O–H groups in total. The van der Waals surface area contributed by atoms with E-state index in [1.54, 1.807) is 30.3 Å². The number of aryl methyl sites for hydroxylation is 1. The highest BCUT2D eigenvalue weighted by Gasteiger charge is 2.08. The molecule has 0 heterocycles. The van der Waals surface area contributed by atoms with Gasteiger partial charge in [0.25, 0.3) is 11.8 Å². The molecule has 0 aromatic heterocycles. The minimum Gasteiger partial charge on any atom is -0.484 e. The average molecular weight is 423 g/mol. The Morgan fingerprint density at radius 1 is 0.967 bits per heavy atom. The van der Waals surface area contributed by atoms with Crippen molar-refractivity contribution in [1.29, 1.82) is 0 Å². The zero-order valence-electron chi connectivity index (χ0n) is 16.7. The van der Waals surface area contributed by atoms with Gasteiger partial charge in [-0.3, -0.25) is 9.59 Å². The number of hydrogen-bond acceptors (Lipinski definition) is 3. The molecule has 3 aromatic carbocycles. The summed E-state index contributed by atoms with van der Waals surface area (Å²) in [4.78, 5) is 24.4. The Balaban J connectivity index is 1.48. The topological polar surface area (TPSA) is 67.4 Å². The van der Waals surface area contributed by atoms with Crippen LogP contribution in [0.15, 0.2) is 72.8 Å². The van der Waals surface area contributed by atoms with E-state index in [2.05, 4.69) is 17.6 Å². The van der Waals surface area contributed by atoms with Gasteiger partial charge >= 0.3 is 0 Å². The van der Waals surface area contributed by atoms with Crippen molar-refractivity contribution in [2.75, 3.05) is 11.9 Å². The lowest BCUT2D eigenvalue weighted by molar-refractivity contribution is -0.123. The van der Waals surface area contributed by atoms with Crippen LogP contribution in [-0.4, -0.2) is 18.4 Å². The van der Waals surface area contributed by atoms with Gasteiger partial charge in [-0.25, -0.2) is 0 Å². The number of ether oxygens (including phenoxy) is 1. The third-order valence-electron chi connectivity index (χ3n) is 4.51. The predicted molar refractivity (Wildman–Crippen MR) is 119 cm³/mol. The first-order chi connectivity index (χ1) is 14.5. The number of carbonyl (C=O) groups excluding carboxylic acids is 2. The van der Waals surface area contributed by atoms with Gasteiger partial charge in [0.15, 0.2) is 6.61 Å². The van der Waals surface area contributed by atoms with Crippen LogP contribution in [0.2, 0.25) is 5.02 Å². The summed E-state index contributed by atoms with van der Waals surface area (Å²) in [6.07, 6.45) is 0.904. The molecule has 0 saturated carbocycles. The number of halogens is 1. The van der Waals surface area contributed by atoms with Crippen molar-refractivity contribution in [3.63, 3.8) is 0 Å². The van der Waals surface area contributed by atoms with Crippen LogP contribution in [0.3, 0.4) is 0 Å². The van der Waals surface area contributed by atoms with Gasteiger partial charge in [0.1, 0.15) is 5.75 Å². The number of anilines is 1. The van der Waals surface area contributed by atoms with Crippen molar-refractivity contribution >= 4 is 29.1 Å². The molecule has 3 rings (SSSR count). The van der Waals surface area contributed by atoms with Crippen LogP contribution >= 0.6 is 11.6 Å². The van der Waals surface area contributed by atoms with Gasteiger partial charge in [0, 0.05) is 22.8 Å². The second kappa shape index (κ2) is 10.5. The van der Waals surface area contributed by atoms with Crippen molar-refractivity contribution in [2.24, 2.45) is 0 Å². The molecule has 0 radical (unpaired) electrons. The van der Waals surface area contributed by atoms with Crippen molar-refractivity contribution in [1.82, 2.24) is 5.32 Å². The molecule has 0 aliphatic heterocycles. The van der Waals surface area contributed by atoms with E-state index >= 15 is 0 Å². The third kappa shape index (κ3) is 6.09. The van der Waals surface area contributed by atoms with Gasteiger partial charge in [0.2, 0.25) is 0 Å². The fraction of sp³-hybridized carbons (Fsp3) is 0.167. The Morgan fingerprint density at radius 2 is 1.73 bits per heavy atom. The summed E-state index contributed by atoms with van der Waals surface area (Å²) in [7, 11) is 0. The van der Waals surface area contributed by atoms with E-state index in [1.165, 1.54) is 0 Å². The van der Waals surface area contributed by atoms with Gasteiger partial charge in [-0.15, -0.1) is 0 Å². The lowest BCUT2D eigenvalue weighted by Crippen LogP contribution is -2.28. The zero-order valence-corrected chi connectivity index (χ0v) is 17.4. The normalized spacial score (nSPS) is 10.3. The van der Waals surface area contributed by atoms with Gasteiger partial charge < -0.3 is 15.4 Å². The Morgan fingerprint density at radius 3 is 2.47 bits per heavy atom. The average Bonchev–Trinajstić information content (AvgIpc) is 2.77. The summed E-state index contributed by atoms with van der Waals surface area (Å²) in [6, 6.07) is 21.7. The first-order valence-corrected chi connectivity index (χ1v) is 10.1. The number of amides is 2. The smallest absolute Gasteiger partial charge is 0.258 e. The molecule has 0 fully saturated rings. The Bertz CT molecular complexity index is 1020. The molecule has 0 bridgehead atoms. The summed E-state index contributed by atoms with van der Waals surface area (Å²) in [5.41, 5.74) is 3.26. The first-order valence-electron chi connectivity index (χ1n) is 9.68. The quantitative estimate of drug-likeness (QED) is 0.545. The molecule has 0 aliphatic rings. The fourth-order valence-electron chi connectivity index (χ4n) is 2.81. The molecular weight excluding hydrogens is 400 g/mol. The molecular formula is C24H23ClN2O3. The number of rotatable bonds is 8. The SMILES string of the molecule is CCc1cccc(NC(=O)c2ccc(OCC(=O)NCc3ccccc3Cl)cc2)c1. The Kier molecular flexibility index (Phi) is 7.46. The molecule has 154 valence electrons. The van der Waals surface area contributed by atoms with Crippen LogP contribution in [0.4, 0.5) is 5.69 Å². The van der Waals surface area contributed by atoms with Crippen LogP contribution in [0.25, 0.3) is 0 Å². The van der Waals surface area contributed by atoms with E-state index in [-0.39, 0.29) is 18.4 Å². The molecule has 0 unspecified atom stereocenters.